The monoisotopic (exact) mass is 354 g/mol. The first-order valence-corrected chi connectivity index (χ1v) is 9.11. The van der Waals surface area contributed by atoms with Crippen LogP contribution < -0.4 is 15.6 Å². The molecule has 1 fully saturated rings. The van der Waals surface area contributed by atoms with Gasteiger partial charge in [-0.1, -0.05) is 23.5 Å². The average Bonchev–Trinajstić information content (AvgIpc) is 3.08. The van der Waals surface area contributed by atoms with Crippen LogP contribution in [0, 0.1) is 5.92 Å². The molecule has 7 heteroatoms. The van der Waals surface area contributed by atoms with Crippen molar-refractivity contribution in [3.8, 4) is 0 Å². The van der Waals surface area contributed by atoms with E-state index in [1.807, 2.05) is 18.2 Å². The zero-order valence-corrected chi connectivity index (χ0v) is 14.4. The second-order valence-corrected chi connectivity index (χ2v) is 7.17. The van der Waals surface area contributed by atoms with Crippen molar-refractivity contribution in [2.24, 2.45) is 5.92 Å². The summed E-state index contributed by atoms with van der Waals surface area (Å²) < 4.78 is 1.15. The minimum absolute atomic E-state index is 0.109. The summed E-state index contributed by atoms with van der Waals surface area (Å²) in [4.78, 5) is 34.0. The first-order chi connectivity index (χ1) is 12.2. The predicted molar refractivity (Wildman–Crippen MR) is 100 cm³/mol. The van der Waals surface area contributed by atoms with Gasteiger partial charge in [0.15, 0.2) is 5.13 Å². The number of pyridine rings is 1. The molecule has 1 aliphatic heterocycles. The molecule has 6 nitrogen and oxygen atoms in total. The Labute approximate surface area is 148 Å². The standard InChI is InChI=1S/C18H18N4O2S/c23-15-7-8-19-10-14(15)20-17(24)12-4-3-9-22(11-12)18-21-13-5-1-2-6-16(13)25-18/h1-2,5-8,10,12H,3-4,9,11H2,(H,19,23)(H,20,24). The summed E-state index contributed by atoms with van der Waals surface area (Å²) in [5, 5.41) is 3.71. The first kappa shape index (κ1) is 15.8. The minimum atomic E-state index is -0.189. The largest absolute Gasteiger partial charge is 0.366 e. The second kappa shape index (κ2) is 6.68. The summed E-state index contributed by atoms with van der Waals surface area (Å²) in [7, 11) is 0. The Bertz CT molecular complexity index is 932. The number of anilines is 2. The molecule has 0 bridgehead atoms. The summed E-state index contributed by atoms with van der Waals surface area (Å²) in [6, 6.07) is 9.46. The summed E-state index contributed by atoms with van der Waals surface area (Å²) in [6.07, 6.45) is 4.82. The van der Waals surface area contributed by atoms with Crippen molar-refractivity contribution in [1.82, 2.24) is 9.97 Å². The van der Waals surface area contributed by atoms with Gasteiger partial charge in [0.2, 0.25) is 11.3 Å². The lowest BCUT2D eigenvalue weighted by Crippen LogP contribution is -2.41. The lowest BCUT2D eigenvalue weighted by molar-refractivity contribution is -0.120. The number of benzene rings is 1. The Morgan fingerprint density at radius 2 is 2.20 bits per heavy atom. The van der Waals surface area contributed by atoms with Crippen LogP contribution in [-0.2, 0) is 4.79 Å². The Hall–Kier alpha value is -2.67. The number of aromatic amines is 1. The molecule has 1 amide bonds. The van der Waals surface area contributed by atoms with Crippen LogP contribution in [0.1, 0.15) is 12.8 Å². The number of rotatable bonds is 3. The molecule has 2 aromatic heterocycles. The lowest BCUT2D eigenvalue weighted by atomic mass is 9.97. The SMILES string of the molecule is O=C(Nc1c[nH]ccc1=O)C1CCCN(c2nc3ccccc3s2)C1. The highest BCUT2D eigenvalue weighted by Gasteiger charge is 2.27. The van der Waals surface area contributed by atoms with Gasteiger partial charge in [-0.2, -0.15) is 0 Å². The van der Waals surface area contributed by atoms with Gasteiger partial charge in [-0.05, 0) is 25.0 Å². The number of nitrogens with zero attached hydrogens (tertiary/aromatic N) is 2. The van der Waals surface area contributed by atoms with Crippen molar-refractivity contribution >= 4 is 38.3 Å². The highest BCUT2D eigenvalue weighted by molar-refractivity contribution is 7.22. The Balaban J connectivity index is 1.49. The number of H-pyrrole nitrogens is 1. The first-order valence-electron chi connectivity index (χ1n) is 8.29. The molecule has 3 heterocycles. The van der Waals surface area contributed by atoms with Crippen molar-refractivity contribution in [2.45, 2.75) is 12.8 Å². The number of para-hydroxylation sites is 1. The van der Waals surface area contributed by atoms with Crippen molar-refractivity contribution in [2.75, 3.05) is 23.3 Å². The Morgan fingerprint density at radius 1 is 1.32 bits per heavy atom. The quantitative estimate of drug-likeness (QED) is 0.758. The van der Waals surface area contributed by atoms with Crippen LogP contribution in [0.15, 0.2) is 47.5 Å². The molecule has 0 spiro atoms. The van der Waals surface area contributed by atoms with E-state index in [0.717, 1.165) is 34.7 Å². The number of thiazole rings is 1. The van der Waals surface area contributed by atoms with E-state index in [-0.39, 0.29) is 17.3 Å². The fraction of sp³-hybridized carbons (Fsp3) is 0.278. The summed E-state index contributed by atoms with van der Waals surface area (Å²) >= 11 is 1.65. The number of hydrogen-bond acceptors (Lipinski definition) is 5. The number of nitrogens with one attached hydrogen (secondary N) is 2. The predicted octanol–water partition coefficient (Wildman–Crippen LogP) is 2.84. The van der Waals surface area contributed by atoms with Gasteiger partial charge in [0.1, 0.15) is 5.69 Å². The van der Waals surface area contributed by atoms with E-state index in [2.05, 4.69) is 26.3 Å². The fourth-order valence-corrected chi connectivity index (χ4v) is 4.11. The van der Waals surface area contributed by atoms with Crippen molar-refractivity contribution in [1.29, 1.82) is 0 Å². The van der Waals surface area contributed by atoms with Crippen LogP contribution in [-0.4, -0.2) is 29.0 Å². The third-order valence-corrected chi connectivity index (χ3v) is 5.52. The van der Waals surface area contributed by atoms with Gasteiger partial charge in [0.25, 0.3) is 0 Å². The van der Waals surface area contributed by atoms with E-state index >= 15 is 0 Å². The van der Waals surface area contributed by atoms with E-state index < -0.39 is 0 Å². The molecule has 1 saturated heterocycles. The van der Waals surface area contributed by atoms with Crippen LogP contribution in [0.4, 0.5) is 10.8 Å². The van der Waals surface area contributed by atoms with E-state index in [1.54, 1.807) is 17.5 Å². The maximum atomic E-state index is 12.6. The number of carbonyl (C=O) groups is 1. The molecule has 0 saturated carbocycles. The van der Waals surface area contributed by atoms with Crippen LogP contribution in [0.25, 0.3) is 10.2 Å². The number of carbonyl (C=O) groups excluding carboxylic acids is 1. The topological polar surface area (TPSA) is 78.1 Å². The molecule has 2 N–H and O–H groups in total. The number of hydrogen-bond donors (Lipinski definition) is 2. The number of amides is 1. The van der Waals surface area contributed by atoms with Gasteiger partial charge in [0, 0.05) is 31.5 Å². The Kier molecular flexibility index (Phi) is 4.23. The maximum absolute atomic E-state index is 12.6. The van der Waals surface area contributed by atoms with Crippen LogP contribution in [0.2, 0.25) is 0 Å². The Morgan fingerprint density at radius 3 is 3.04 bits per heavy atom. The average molecular weight is 354 g/mol. The lowest BCUT2D eigenvalue weighted by Gasteiger charge is -2.31. The fourth-order valence-electron chi connectivity index (χ4n) is 3.11. The highest BCUT2D eigenvalue weighted by Crippen LogP contribution is 2.31. The molecule has 1 aliphatic rings. The van der Waals surface area contributed by atoms with Crippen molar-refractivity contribution in [3.63, 3.8) is 0 Å². The van der Waals surface area contributed by atoms with Gasteiger partial charge in [-0.3, -0.25) is 9.59 Å². The second-order valence-electron chi connectivity index (χ2n) is 6.16. The van der Waals surface area contributed by atoms with Gasteiger partial charge >= 0.3 is 0 Å². The van der Waals surface area contributed by atoms with Gasteiger partial charge in [-0.25, -0.2) is 4.98 Å². The molecule has 3 aromatic rings. The summed E-state index contributed by atoms with van der Waals surface area (Å²) in [5.74, 6) is -0.261. The summed E-state index contributed by atoms with van der Waals surface area (Å²) in [6.45, 7) is 1.52. The van der Waals surface area contributed by atoms with E-state index in [0.29, 0.717) is 12.2 Å². The number of aromatic nitrogens is 2. The number of fused-ring (bicyclic) bond motifs is 1. The highest BCUT2D eigenvalue weighted by atomic mass is 32.1. The molecule has 1 unspecified atom stereocenters. The normalized spacial score (nSPS) is 17.6. The molecule has 25 heavy (non-hydrogen) atoms. The van der Waals surface area contributed by atoms with Gasteiger partial charge in [-0.15, -0.1) is 0 Å². The third kappa shape index (κ3) is 3.28. The van der Waals surface area contributed by atoms with Crippen LogP contribution >= 0.6 is 11.3 Å². The smallest absolute Gasteiger partial charge is 0.229 e. The molecule has 128 valence electrons. The zero-order valence-electron chi connectivity index (χ0n) is 13.6. The van der Waals surface area contributed by atoms with E-state index in [1.165, 1.54) is 12.3 Å². The zero-order chi connectivity index (χ0) is 17.2. The molecule has 0 aliphatic carbocycles. The summed E-state index contributed by atoms with van der Waals surface area (Å²) in [5.41, 5.74) is 1.10. The molecule has 1 aromatic carbocycles. The van der Waals surface area contributed by atoms with E-state index in [9.17, 15) is 9.59 Å². The molecule has 4 rings (SSSR count). The van der Waals surface area contributed by atoms with Crippen molar-refractivity contribution < 1.29 is 4.79 Å². The molecule has 1 atom stereocenters. The number of piperidine rings is 1. The maximum Gasteiger partial charge on any atom is 0.229 e. The molecule has 0 radical (unpaired) electrons. The van der Waals surface area contributed by atoms with Crippen LogP contribution in [0.5, 0.6) is 0 Å². The minimum Gasteiger partial charge on any atom is -0.366 e. The van der Waals surface area contributed by atoms with Crippen molar-refractivity contribution in [3.05, 3.63) is 52.9 Å². The molecular formula is C18H18N4O2S. The third-order valence-electron chi connectivity index (χ3n) is 4.43. The van der Waals surface area contributed by atoms with Gasteiger partial charge in [0.05, 0.1) is 16.1 Å². The molecular weight excluding hydrogens is 336 g/mol. The van der Waals surface area contributed by atoms with E-state index in [4.69, 9.17) is 0 Å². The van der Waals surface area contributed by atoms with Gasteiger partial charge < -0.3 is 15.2 Å². The van der Waals surface area contributed by atoms with Crippen LogP contribution in [0.3, 0.4) is 0 Å².